The van der Waals surface area contributed by atoms with Crippen LogP contribution in [0.1, 0.15) is 0 Å². The van der Waals surface area contributed by atoms with Gasteiger partial charge in [0.05, 0.1) is 12.6 Å². The summed E-state index contributed by atoms with van der Waals surface area (Å²) in [4.78, 5) is 6.21. The van der Waals surface area contributed by atoms with Crippen molar-refractivity contribution in [2.24, 2.45) is 0 Å². The molecule has 7 heteroatoms. The van der Waals surface area contributed by atoms with E-state index in [1.165, 1.54) is 6.07 Å². The molecule has 1 fully saturated rings. The first-order valence-electron chi connectivity index (χ1n) is 5.80. The highest BCUT2D eigenvalue weighted by Gasteiger charge is 2.26. The van der Waals surface area contributed by atoms with Crippen LogP contribution < -0.4 is 4.90 Å². The summed E-state index contributed by atoms with van der Waals surface area (Å²) in [5, 5.41) is 9.35. The standard InChI is InChI=1S/C12H13FN2O2S.ClH/c13-9-2-1-3-10-11(9)17-12(14-10)15-4-5-18-7-8(15)6-16;/h1-3,8,16H,4-7H2;1H. The van der Waals surface area contributed by atoms with Crippen molar-refractivity contribution < 1.29 is 13.9 Å². The average molecular weight is 305 g/mol. The first-order chi connectivity index (χ1) is 8.79. The fraction of sp³-hybridized carbons (Fsp3) is 0.417. The molecule has 0 bridgehead atoms. The minimum atomic E-state index is -0.404. The van der Waals surface area contributed by atoms with Gasteiger partial charge in [-0.15, -0.1) is 12.4 Å². The molecule has 2 aromatic rings. The number of aliphatic hydroxyl groups excluding tert-OH is 1. The fourth-order valence-electron chi connectivity index (χ4n) is 2.08. The quantitative estimate of drug-likeness (QED) is 0.922. The summed E-state index contributed by atoms with van der Waals surface area (Å²) in [5.41, 5.74) is 0.697. The highest BCUT2D eigenvalue weighted by atomic mass is 35.5. The molecule has 0 amide bonds. The van der Waals surface area contributed by atoms with Crippen LogP contribution in [-0.4, -0.2) is 40.8 Å². The maximum atomic E-state index is 13.5. The second-order valence-corrected chi connectivity index (χ2v) is 5.34. The Labute approximate surface area is 120 Å². The fourth-order valence-corrected chi connectivity index (χ4v) is 3.13. The summed E-state index contributed by atoms with van der Waals surface area (Å²) in [7, 11) is 0. The van der Waals surface area contributed by atoms with Crippen molar-refractivity contribution in [3.63, 3.8) is 0 Å². The average Bonchev–Trinajstić information content (AvgIpc) is 2.84. The third-order valence-electron chi connectivity index (χ3n) is 3.04. The van der Waals surface area contributed by atoms with Crippen LogP contribution >= 0.6 is 24.2 Å². The number of aromatic nitrogens is 1. The zero-order valence-corrected chi connectivity index (χ0v) is 11.7. The van der Waals surface area contributed by atoms with Crippen LogP contribution in [0, 0.1) is 5.82 Å². The van der Waals surface area contributed by atoms with Crippen molar-refractivity contribution in [3.05, 3.63) is 24.0 Å². The van der Waals surface area contributed by atoms with Gasteiger partial charge in [0.1, 0.15) is 5.52 Å². The Balaban J connectivity index is 0.00000133. The second-order valence-electron chi connectivity index (χ2n) is 4.19. The lowest BCUT2D eigenvalue weighted by atomic mass is 10.3. The van der Waals surface area contributed by atoms with Gasteiger partial charge in [-0.1, -0.05) is 6.07 Å². The van der Waals surface area contributed by atoms with Crippen molar-refractivity contribution in [1.82, 2.24) is 4.98 Å². The molecule has 1 aromatic carbocycles. The number of thioether (sulfide) groups is 1. The molecular formula is C12H14ClFN2O2S. The van der Waals surface area contributed by atoms with E-state index in [0.29, 0.717) is 11.5 Å². The Bertz CT molecular complexity index is 566. The Morgan fingerprint density at radius 3 is 3.11 bits per heavy atom. The van der Waals surface area contributed by atoms with Gasteiger partial charge in [0.25, 0.3) is 6.01 Å². The lowest BCUT2D eigenvalue weighted by Gasteiger charge is -2.32. The predicted octanol–water partition coefficient (Wildman–Crippen LogP) is 2.30. The Morgan fingerprint density at radius 2 is 2.37 bits per heavy atom. The summed E-state index contributed by atoms with van der Waals surface area (Å²) in [6, 6.07) is 5.07. The molecule has 2 heterocycles. The van der Waals surface area contributed by atoms with E-state index in [4.69, 9.17) is 4.42 Å². The molecule has 1 aliphatic heterocycles. The van der Waals surface area contributed by atoms with Gasteiger partial charge >= 0.3 is 0 Å². The molecule has 0 saturated carbocycles. The van der Waals surface area contributed by atoms with Crippen molar-refractivity contribution >= 4 is 41.3 Å². The molecule has 1 atom stereocenters. The number of rotatable bonds is 2. The monoisotopic (exact) mass is 304 g/mol. The molecule has 0 aliphatic carbocycles. The van der Waals surface area contributed by atoms with Gasteiger partial charge in [0.2, 0.25) is 0 Å². The van der Waals surface area contributed by atoms with Crippen molar-refractivity contribution in [3.8, 4) is 0 Å². The number of fused-ring (bicyclic) bond motifs is 1. The smallest absolute Gasteiger partial charge is 0.298 e. The number of aliphatic hydroxyl groups is 1. The van der Waals surface area contributed by atoms with Crippen LogP contribution in [0.5, 0.6) is 0 Å². The van der Waals surface area contributed by atoms with Crippen LogP contribution in [0.15, 0.2) is 22.6 Å². The van der Waals surface area contributed by atoms with Gasteiger partial charge in [0.15, 0.2) is 11.4 Å². The van der Waals surface area contributed by atoms with Gasteiger partial charge in [-0.05, 0) is 12.1 Å². The summed E-state index contributed by atoms with van der Waals surface area (Å²) >= 11 is 1.79. The van der Waals surface area contributed by atoms with Crippen LogP contribution in [0.2, 0.25) is 0 Å². The molecular weight excluding hydrogens is 291 g/mol. The maximum absolute atomic E-state index is 13.5. The van der Waals surface area contributed by atoms with E-state index in [-0.39, 0.29) is 30.6 Å². The molecule has 104 valence electrons. The summed E-state index contributed by atoms with van der Waals surface area (Å²) in [5.74, 6) is 1.38. The topological polar surface area (TPSA) is 49.5 Å². The molecule has 1 aliphatic rings. The summed E-state index contributed by atoms with van der Waals surface area (Å²) in [6.07, 6.45) is 0. The normalized spacial score (nSPS) is 19.5. The van der Waals surface area contributed by atoms with E-state index in [2.05, 4.69) is 4.98 Å². The molecule has 3 rings (SSSR count). The Hall–Kier alpha value is -0.980. The minimum absolute atomic E-state index is 0. The number of benzene rings is 1. The lowest BCUT2D eigenvalue weighted by molar-refractivity contribution is 0.264. The number of para-hydroxylation sites is 1. The number of hydrogen-bond donors (Lipinski definition) is 1. The molecule has 19 heavy (non-hydrogen) atoms. The Kier molecular flexibility index (Phi) is 4.54. The van der Waals surface area contributed by atoms with E-state index in [1.54, 1.807) is 23.9 Å². The first-order valence-corrected chi connectivity index (χ1v) is 6.95. The Morgan fingerprint density at radius 1 is 1.53 bits per heavy atom. The zero-order chi connectivity index (χ0) is 12.5. The van der Waals surface area contributed by atoms with Gasteiger partial charge in [-0.25, -0.2) is 4.39 Å². The molecule has 0 radical (unpaired) electrons. The van der Waals surface area contributed by atoms with Crippen molar-refractivity contribution in [2.45, 2.75) is 6.04 Å². The van der Waals surface area contributed by atoms with Gasteiger partial charge in [-0.3, -0.25) is 0 Å². The molecule has 0 spiro atoms. The van der Waals surface area contributed by atoms with Gasteiger partial charge < -0.3 is 14.4 Å². The van der Waals surface area contributed by atoms with Crippen LogP contribution in [0.3, 0.4) is 0 Å². The van der Waals surface area contributed by atoms with E-state index < -0.39 is 5.82 Å². The maximum Gasteiger partial charge on any atom is 0.298 e. The lowest BCUT2D eigenvalue weighted by Crippen LogP contribution is -2.44. The largest absolute Gasteiger partial charge is 0.420 e. The number of halogens is 2. The number of oxazole rings is 1. The van der Waals surface area contributed by atoms with E-state index >= 15 is 0 Å². The molecule has 1 unspecified atom stereocenters. The number of anilines is 1. The SMILES string of the molecule is Cl.OCC1CSCCN1c1nc2cccc(F)c2o1. The molecule has 1 N–H and O–H groups in total. The van der Waals surface area contributed by atoms with Crippen LogP contribution in [-0.2, 0) is 0 Å². The third-order valence-corrected chi connectivity index (χ3v) is 4.13. The third kappa shape index (κ3) is 2.66. The van der Waals surface area contributed by atoms with E-state index in [1.807, 2.05) is 4.90 Å². The zero-order valence-electron chi connectivity index (χ0n) is 10.1. The highest BCUT2D eigenvalue weighted by Crippen LogP contribution is 2.28. The number of nitrogens with zero attached hydrogens (tertiary/aromatic N) is 2. The second kappa shape index (κ2) is 5.98. The van der Waals surface area contributed by atoms with Crippen LogP contribution in [0.25, 0.3) is 11.1 Å². The molecule has 1 aromatic heterocycles. The summed E-state index contributed by atoms with van der Waals surface area (Å²) < 4.78 is 19.0. The molecule has 4 nitrogen and oxygen atoms in total. The highest BCUT2D eigenvalue weighted by molar-refractivity contribution is 7.99. The predicted molar refractivity (Wildman–Crippen MR) is 76.8 cm³/mol. The minimum Gasteiger partial charge on any atom is -0.420 e. The van der Waals surface area contributed by atoms with Crippen molar-refractivity contribution in [1.29, 1.82) is 0 Å². The van der Waals surface area contributed by atoms with Gasteiger partial charge in [-0.2, -0.15) is 16.7 Å². The van der Waals surface area contributed by atoms with E-state index in [0.717, 1.165) is 18.1 Å². The number of hydrogen-bond acceptors (Lipinski definition) is 5. The van der Waals surface area contributed by atoms with Crippen molar-refractivity contribution in [2.75, 3.05) is 29.6 Å². The summed E-state index contributed by atoms with van der Waals surface area (Å²) in [6.45, 7) is 0.804. The molecule has 1 saturated heterocycles. The van der Waals surface area contributed by atoms with Gasteiger partial charge in [0, 0.05) is 18.1 Å². The van der Waals surface area contributed by atoms with Crippen LogP contribution in [0.4, 0.5) is 10.4 Å². The van der Waals surface area contributed by atoms with E-state index in [9.17, 15) is 9.50 Å². The first kappa shape index (κ1) is 14.4.